The first kappa shape index (κ1) is 15.4. The number of benzene rings is 1. The number of nitrogens with zero attached hydrogens (tertiary/aromatic N) is 3. The molecule has 0 unspecified atom stereocenters. The fraction of sp³-hybridized carbons (Fsp3) is 0.176. The number of aromatic nitrogens is 1. The van der Waals surface area contributed by atoms with Gasteiger partial charge in [-0.15, -0.1) is 0 Å². The average Bonchev–Trinajstić information content (AvgIpc) is 2.66. The monoisotopic (exact) mass is 327 g/mol. The fourth-order valence-corrected chi connectivity index (χ4v) is 2.63. The van der Waals surface area contributed by atoms with E-state index in [9.17, 15) is 9.59 Å². The fourth-order valence-electron chi connectivity index (χ4n) is 2.48. The quantitative estimate of drug-likeness (QED) is 0.814. The topological polar surface area (TPSA) is 62.6 Å². The highest BCUT2D eigenvalue weighted by atomic mass is 35.5. The van der Waals surface area contributed by atoms with E-state index in [2.05, 4.69) is 9.98 Å². The highest BCUT2D eigenvalue weighted by Gasteiger charge is 2.27. The standard InChI is InChI=1S/C17H14ClN3O2/c1-11(22)10-21-13-7-8-14(18)20-17(13)16(19-9-15(21)23)12-5-3-2-4-6-12/h2-8H,9-10H2,1H3. The predicted octanol–water partition coefficient (Wildman–Crippen LogP) is 2.51. The summed E-state index contributed by atoms with van der Waals surface area (Å²) in [5.74, 6) is -0.348. The minimum atomic E-state index is -0.239. The number of carbonyl (C=O) groups is 2. The molecule has 0 saturated carbocycles. The molecule has 0 saturated heterocycles. The van der Waals surface area contributed by atoms with Crippen LogP contribution in [0.5, 0.6) is 0 Å². The van der Waals surface area contributed by atoms with E-state index in [0.29, 0.717) is 22.2 Å². The maximum atomic E-state index is 12.4. The van der Waals surface area contributed by atoms with Gasteiger partial charge in [-0.1, -0.05) is 41.9 Å². The Balaban J connectivity index is 2.18. The van der Waals surface area contributed by atoms with Crippen molar-refractivity contribution in [3.8, 4) is 0 Å². The van der Waals surface area contributed by atoms with Gasteiger partial charge in [-0.3, -0.25) is 14.6 Å². The molecule has 0 N–H and O–H groups in total. The van der Waals surface area contributed by atoms with Crippen molar-refractivity contribution in [1.29, 1.82) is 0 Å². The third-order valence-corrected chi connectivity index (χ3v) is 3.67. The molecule has 1 aliphatic rings. The molecule has 1 amide bonds. The summed E-state index contributed by atoms with van der Waals surface area (Å²) in [5.41, 5.74) is 2.51. The molecular weight excluding hydrogens is 314 g/mol. The van der Waals surface area contributed by atoms with E-state index in [4.69, 9.17) is 11.6 Å². The van der Waals surface area contributed by atoms with E-state index >= 15 is 0 Å². The number of pyridine rings is 1. The van der Waals surface area contributed by atoms with Gasteiger partial charge in [-0.2, -0.15) is 0 Å². The lowest BCUT2D eigenvalue weighted by atomic mass is 10.1. The van der Waals surface area contributed by atoms with Crippen LogP contribution in [0.2, 0.25) is 5.15 Å². The molecule has 0 fully saturated rings. The van der Waals surface area contributed by atoms with Gasteiger partial charge in [0.1, 0.15) is 23.2 Å². The molecule has 6 heteroatoms. The first-order valence-corrected chi connectivity index (χ1v) is 7.50. The van der Waals surface area contributed by atoms with Crippen LogP contribution in [-0.4, -0.2) is 35.5 Å². The van der Waals surface area contributed by atoms with E-state index in [1.54, 1.807) is 12.1 Å². The molecule has 3 rings (SSSR count). The number of rotatable bonds is 3. The summed E-state index contributed by atoms with van der Waals surface area (Å²) in [6.45, 7) is 1.40. The normalized spacial score (nSPS) is 14.1. The summed E-state index contributed by atoms with van der Waals surface area (Å²) in [7, 11) is 0. The number of amides is 1. The third-order valence-electron chi connectivity index (χ3n) is 3.46. The first-order chi connectivity index (χ1) is 11.1. The van der Waals surface area contributed by atoms with Gasteiger partial charge in [-0.25, -0.2) is 4.98 Å². The lowest BCUT2D eigenvalue weighted by molar-refractivity contribution is -0.121. The summed E-state index contributed by atoms with van der Waals surface area (Å²) in [4.78, 5) is 34.1. The molecule has 1 aromatic carbocycles. The van der Waals surface area contributed by atoms with Crippen molar-refractivity contribution in [1.82, 2.24) is 4.98 Å². The molecule has 2 aromatic rings. The number of fused-ring (bicyclic) bond motifs is 1. The number of hydrogen-bond donors (Lipinski definition) is 0. The van der Waals surface area contributed by atoms with Crippen molar-refractivity contribution in [2.45, 2.75) is 6.92 Å². The van der Waals surface area contributed by atoms with E-state index in [0.717, 1.165) is 5.56 Å². The summed E-state index contributed by atoms with van der Waals surface area (Å²) in [5, 5.41) is 0.310. The van der Waals surface area contributed by atoms with Crippen molar-refractivity contribution in [3.05, 3.63) is 58.9 Å². The Morgan fingerprint density at radius 2 is 1.96 bits per heavy atom. The largest absolute Gasteiger partial charge is 0.301 e. The number of hydrogen-bond acceptors (Lipinski definition) is 4. The van der Waals surface area contributed by atoms with Crippen LogP contribution in [0.4, 0.5) is 5.69 Å². The van der Waals surface area contributed by atoms with E-state index in [1.807, 2.05) is 30.3 Å². The average molecular weight is 328 g/mol. The van der Waals surface area contributed by atoms with Crippen LogP contribution in [-0.2, 0) is 9.59 Å². The Bertz CT molecular complexity index is 803. The van der Waals surface area contributed by atoms with Gasteiger partial charge in [0.05, 0.1) is 17.9 Å². The van der Waals surface area contributed by atoms with E-state index < -0.39 is 0 Å². The predicted molar refractivity (Wildman–Crippen MR) is 89.2 cm³/mol. The Labute approximate surface area is 138 Å². The number of carbonyl (C=O) groups excluding carboxylic acids is 2. The lowest BCUT2D eigenvalue weighted by Crippen LogP contribution is -2.36. The Kier molecular flexibility index (Phi) is 4.21. The number of ketones is 1. The minimum absolute atomic E-state index is 0.00721. The van der Waals surface area contributed by atoms with Gasteiger partial charge in [0.15, 0.2) is 0 Å². The van der Waals surface area contributed by atoms with Gasteiger partial charge >= 0.3 is 0 Å². The maximum absolute atomic E-state index is 12.4. The van der Waals surface area contributed by atoms with Gasteiger partial charge in [-0.05, 0) is 19.1 Å². The molecule has 116 valence electrons. The van der Waals surface area contributed by atoms with Gasteiger partial charge in [0.25, 0.3) is 0 Å². The smallest absolute Gasteiger partial charge is 0.249 e. The zero-order valence-corrected chi connectivity index (χ0v) is 13.2. The Morgan fingerprint density at radius 1 is 1.22 bits per heavy atom. The van der Waals surface area contributed by atoms with Crippen LogP contribution >= 0.6 is 11.6 Å². The molecule has 5 nitrogen and oxygen atoms in total. The van der Waals surface area contributed by atoms with Crippen molar-refractivity contribution in [2.75, 3.05) is 18.0 Å². The Hall–Kier alpha value is -2.53. The van der Waals surface area contributed by atoms with Gasteiger partial charge in [0, 0.05) is 5.56 Å². The molecule has 0 atom stereocenters. The van der Waals surface area contributed by atoms with Gasteiger partial charge in [0.2, 0.25) is 5.91 Å². The molecule has 0 bridgehead atoms. The van der Waals surface area contributed by atoms with E-state index in [-0.39, 0.29) is 24.8 Å². The molecule has 23 heavy (non-hydrogen) atoms. The SMILES string of the molecule is CC(=O)CN1C(=O)CN=C(c2ccccc2)c2nc(Cl)ccc21. The number of halogens is 1. The molecule has 1 aliphatic heterocycles. The summed E-state index contributed by atoms with van der Waals surface area (Å²) in [6.07, 6.45) is 0. The maximum Gasteiger partial charge on any atom is 0.249 e. The van der Waals surface area contributed by atoms with E-state index in [1.165, 1.54) is 11.8 Å². The zero-order chi connectivity index (χ0) is 16.4. The molecule has 0 aliphatic carbocycles. The molecule has 0 spiro atoms. The highest BCUT2D eigenvalue weighted by Crippen LogP contribution is 2.27. The third kappa shape index (κ3) is 3.14. The summed E-state index contributed by atoms with van der Waals surface area (Å²) in [6, 6.07) is 12.8. The lowest BCUT2D eigenvalue weighted by Gasteiger charge is -2.21. The molecule has 0 radical (unpaired) electrons. The van der Waals surface area contributed by atoms with Crippen molar-refractivity contribution in [3.63, 3.8) is 0 Å². The summed E-state index contributed by atoms with van der Waals surface area (Å²) >= 11 is 6.04. The molecule has 2 heterocycles. The number of anilines is 1. The number of Topliss-reactive ketones (excluding diaryl/α,β-unsaturated/α-hetero) is 1. The second-order valence-corrected chi connectivity index (χ2v) is 5.60. The van der Waals surface area contributed by atoms with Crippen molar-refractivity contribution in [2.24, 2.45) is 4.99 Å². The zero-order valence-electron chi connectivity index (χ0n) is 12.5. The minimum Gasteiger partial charge on any atom is -0.301 e. The van der Waals surface area contributed by atoms with Crippen molar-refractivity contribution >= 4 is 34.7 Å². The van der Waals surface area contributed by atoms with Crippen LogP contribution in [0, 0.1) is 0 Å². The highest BCUT2D eigenvalue weighted by molar-refractivity contribution is 6.30. The van der Waals surface area contributed by atoms with Gasteiger partial charge < -0.3 is 4.90 Å². The van der Waals surface area contributed by atoms with Crippen LogP contribution in [0.3, 0.4) is 0 Å². The number of aliphatic imine (C=N–C) groups is 1. The molecular formula is C17H14ClN3O2. The second kappa shape index (κ2) is 6.30. The summed E-state index contributed by atoms with van der Waals surface area (Å²) < 4.78 is 0. The van der Waals surface area contributed by atoms with Crippen LogP contribution in [0.1, 0.15) is 18.2 Å². The second-order valence-electron chi connectivity index (χ2n) is 5.21. The van der Waals surface area contributed by atoms with Crippen LogP contribution in [0.25, 0.3) is 0 Å². The van der Waals surface area contributed by atoms with Crippen LogP contribution in [0.15, 0.2) is 47.5 Å². The van der Waals surface area contributed by atoms with Crippen molar-refractivity contribution < 1.29 is 9.59 Å². The van der Waals surface area contributed by atoms with Crippen LogP contribution < -0.4 is 4.90 Å². The first-order valence-electron chi connectivity index (χ1n) is 7.13. The molecule has 1 aromatic heterocycles. The Morgan fingerprint density at radius 3 is 2.65 bits per heavy atom.